The average Bonchev–Trinajstić information content (AvgIpc) is 2.45. The van der Waals surface area contributed by atoms with Gasteiger partial charge < -0.3 is 10.6 Å². The molecule has 2 rings (SSSR count). The Morgan fingerprint density at radius 1 is 1.40 bits per heavy atom. The van der Waals surface area contributed by atoms with Crippen molar-refractivity contribution in [1.82, 2.24) is 15.6 Å². The van der Waals surface area contributed by atoms with E-state index in [1.165, 1.54) is 6.07 Å². The Morgan fingerprint density at radius 3 is 2.75 bits per heavy atom. The highest BCUT2D eigenvalue weighted by Crippen LogP contribution is 2.27. The second-order valence-corrected chi connectivity index (χ2v) is 4.77. The maximum Gasteiger partial charge on any atom is 0.433 e. The molecular weight excluding hydrogens is 271 g/mol. The number of nitrogens with one attached hydrogen (secondary N) is 2. The van der Waals surface area contributed by atoms with E-state index in [2.05, 4.69) is 15.6 Å². The van der Waals surface area contributed by atoms with Crippen LogP contribution in [0.15, 0.2) is 18.3 Å². The van der Waals surface area contributed by atoms with Crippen molar-refractivity contribution >= 4 is 5.91 Å². The van der Waals surface area contributed by atoms with Crippen molar-refractivity contribution in [3.8, 4) is 0 Å². The molecule has 0 spiro atoms. The summed E-state index contributed by atoms with van der Waals surface area (Å²) in [6.45, 7) is 1.00. The third-order valence-electron chi connectivity index (χ3n) is 3.21. The molecule has 0 aromatic carbocycles. The molecule has 1 saturated heterocycles. The Kier molecular flexibility index (Phi) is 4.59. The molecule has 110 valence electrons. The number of alkyl halides is 3. The third kappa shape index (κ3) is 3.93. The molecule has 1 aromatic rings. The molecule has 0 radical (unpaired) electrons. The van der Waals surface area contributed by atoms with Crippen LogP contribution >= 0.6 is 0 Å². The molecule has 2 N–H and O–H groups in total. The second-order valence-electron chi connectivity index (χ2n) is 4.77. The van der Waals surface area contributed by atoms with Gasteiger partial charge in [0.05, 0.1) is 6.04 Å². The van der Waals surface area contributed by atoms with Crippen LogP contribution in [0.2, 0.25) is 0 Å². The number of halogens is 3. The zero-order valence-electron chi connectivity index (χ0n) is 10.8. The topological polar surface area (TPSA) is 54.0 Å². The van der Waals surface area contributed by atoms with Gasteiger partial charge in [-0.25, -0.2) is 0 Å². The molecule has 0 saturated carbocycles. The van der Waals surface area contributed by atoms with E-state index in [9.17, 15) is 18.0 Å². The summed E-state index contributed by atoms with van der Waals surface area (Å²) in [4.78, 5) is 15.2. The van der Waals surface area contributed by atoms with Crippen LogP contribution in [0.25, 0.3) is 0 Å². The zero-order valence-corrected chi connectivity index (χ0v) is 10.8. The van der Waals surface area contributed by atoms with Crippen molar-refractivity contribution in [2.24, 2.45) is 0 Å². The Balaban J connectivity index is 1.86. The van der Waals surface area contributed by atoms with Crippen molar-refractivity contribution in [2.75, 3.05) is 6.54 Å². The Labute approximate surface area is 114 Å². The van der Waals surface area contributed by atoms with Gasteiger partial charge in [0, 0.05) is 12.7 Å². The highest BCUT2D eigenvalue weighted by molar-refractivity contribution is 5.81. The number of nitrogens with zero attached hydrogens (tertiary/aromatic N) is 1. The summed E-state index contributed by atoms with van der Waals surface area (Å²) in [6, 6.07) is 2.04. The first-order chi connectivity index (χ1) is 9.47. The number of aromatic nitrogens is 1. The Hall–Kier alpha value is -1.63. The van der Waals surface area contributed by atoms with Gasteiger partial charge in [-0.05, 0) is 31.0 Å². The largest absolute Gasteiger partial charge is 0.433 e. The van der Waals surface area contributed by atoms with Crippen LogP contribution in [0.3, 0.4) is 0 Å². The van der Waals surface area contributed by atoms with Crippen LogP contribution < -0.4 is 10.6 Å². The fourth-order valence-electron chi connectivity index (χ4n) is 2.08. The molecule has 1 amide bonds. The lowest BCUT2D eigenvalue weighted by molar-refractivity contribution is -0.141. The number of carbonyl (C=O) groups excluding carboxylic acids is 1. The maximum atomic E-state index is 12.3. The molecule has 2 heterocycles. The van der Waals surface area contributed by atoms with Gasteiger partial charge in [0.25, 0.3) is 0 Å². The van der Waals surface area contributed by atoms with Crippen molar-refractivity contribution < 1.29 is 18.0 Å². The van der Waals surface area contributed by atoms with E-state index in [4.69, 9.17) is 0 Å². The summed E-state index contributed by atoms with van der Waals surface area (Å²) < 4.78 is 37.0. The number of hydrogen-bond acceptors (Lipinski definition) is 3. The number of piperidine rings is 1. The third-order valence-corrected chi connectivity index (χ3v) is 3.21. The van der Waals surface area contributed by atoms with Gasteiger partial charge in [0.2, 0.25) is 5.91 Å². The predicted molar refractivity (Wildman–Crippen MR) is 66.7 cm³/mol. The first-order valence-electron chi connectivity index (χ1n) is 6.50. The van der Waals surface area contributed by atoms with Gasteiger partial charge in [-0.1, -0.05) is 12.5 Å². The van der Waals surface area contributed by atoms with Crippen LogP contribution in [0.1, 0.15) is 30.5 Å². The minimum atomic E-state index is -4.44. The number of carbonyl (C=O) groups is 1. The van der Waals surface area contributed by atoms with Crippen molar-refractivity contribution in [1.29, 1.82) is 0 Å². The van der Waals surface area contributed by atoms with Gasteiger partial charge >= 0.3 is 6.18 Å². The molecule has 20 heavy (non-hydrogen) atoms. The van der Waals surface area contributed by atoms with E-state index in [1.54, 1.807) is 0 Å². The van der Waals surface area contributed by atoms with E-state index in [0.29, 0.717) is 5.56 Å². The highest BCUT2D eigenvalue weighted by atomic mass is 19.4. The van der Waals surface area contributed by atoms with Crippen LogP contribution in [-0.4, -0.2) is 23.5 Å². The van der Waals surface area contributed by atoms with Gasteiger partial charge in [-0.15, -0.1) is 0 Å². The summed E-state index contributed by atoms with van der Waals surface area (Å²) in [5.41, 5.74) is -0.385. The van der Waals surface area contributed by atoms with Crippen LogP contribution in [-0.2, 0) is 17.5 Å². The average molecular weight is 287 g/mol. The minimum absolute atomic E-state index is 0.121. The van der Waals surface area contributed by atoms with Crippen LogP contribution in [0.4, 0.5) is 13.2 Å². The van der Waals surface area contributed by atoms with E-state index in [1.807, 2.05) is 0 Å². The number of rotatable bonds is 3. The summed E-state index contributed by atoms with van der Waals surface area (Å²) in [5, 5.41) is 5.81. The first-order valence-corrected chi connectivity index (χ1v) is 6.50. The SMILES string of the molecule is O=C(NCc1ccc(C(F)(F)F)nc1)C1CCCCN1. The Morgan fingerprint density at radius 2 is 2.20 bits per heavy atom. The lowest BCUT2D eigenvalue weighted by Gasteiger charge is -2.22. The smallest absolute Gasteiger partial charge is 0.351 e. The Bertz CT molecular complexity index is 453. The lowest BCUT2D eigenvalue weighted by Crippen LogP contribution is -2.46. The molecule has 1 aliphatic heterocycles. The highest BCUT2D eigenvalue weighted by Gasteiger charge is 2.32. The molecule has 1 aromatic heterocycles. The molecule has 1 aliphatic rings. The monoisotopic (exact) mass is 287 g/mol. The fourth-order valence-corrected chi connectivity index (χ4v) is 2.08. The lowest BCUT2D eigenvalue weighted by atomic mass is 10.0. The molecule has 1 unspecified atom stereocenters. The van der Waals surface area contributed by atoms with Gasteiger partial charge in [0.15, 0.2) is 0 Å². The number of hydrogen-bond donors (Lipinski definition) is 2. The molecule has 1 atom stereocenters. The maximum absolute atomic E-state index is 12.3. The van der Waals surface area contributed by atoms with Gasteiger partial charge in [-0.2, -0.15) is 13.2 Å². The first kappa shape index (κ1) is 14.8. The molecule has 7 heteroatoms. The van der Waals surface area contributed by atoms with Crippen molar-refractivity contribution in [2.45, 2.75) is 38.0 Å². The number of amides is 1. The summed E-state index contributed by atoms with van der Waals surface area (Å²) >= 11 is 0. The van der Waals surface area contributed by atoms with Crippen molar-refractivity contribution in [3.63, 3.8) is 0 Å². The van der Waals surface area contributed by atoms with Crippen molar-refractivity contribution in [3.05, 3.63) is 29.6 Å². The minimum Gasteiger partial charge on any atom is -0.351 e. The normalized spacial score (nSPS) is 19.6. The fraction of sp³-hybridized carbons (Fsp3) is 0.538. The zero-order chi connectivity index (χ0) is 14.6. The van der Waals surface area contributed by atoms with E-state index in [0.717, 1.165) is 38.1 Å². The summed E-state index contributed by atoms with van der Waals surface area (Å²) in [7, 11) is 0. The van der Waals surface area contributed by atoms with Gasteiger partial charge in [0.1, 0.15) is 5.69 Å². The van der Waals surface area contributed by atoms with E-state index < -0.39 is 11.9 Å². The standard InChI is InChI=1S/C13H16F3N3O/c14-13(15,16)11-5-4-9(7-18-11)8-19-12(20)10-3-1-2-6-17-10/h4-5,7,10,17H,1-3,6,8H2,(H,19,20). The molecule has 4 nitrogen and oxygen atoms in total. The molecule has 1 fully saturated rings. The quantitative estimate of drug-likeness (QED) is 0.892. The predicted octanol–water partition coefficient (Wildman–Crippen LogP) is 1.86. The molecular formula is C13H16F3N3O. The number of pyridine rings is 1. The van der Waals surface area contributed by atoms with E-state index >= 15 is 0 Å². The molecule has 0 bridgehead atoms. The summed E-state index contributed by atoms with van der Waals surface area (Å²) in [6.07, 6.45) is -0.443. The van der Waals surface area contributed by atoms with Crippen LogP contribution in [0.5, 0.6) is 0 Å². The van der Waals surface area contributed by atoms with Crippen LogP contribution in [0, 0.1) is 0 Å². The molecule has 0 aliphatic carbocycles. The van der Waals surface area contributed by atoms with Gasteiger partial charge in [-0.3, -0.25) is 9.78 Å². The van der Waals surface area contributed by atoms with E-state index in [-0.39, 0.29) is 18.5 Å². The summed E-state index contributed by atoms with van der Waals surface area (Å²) in [5.74, 6) is -0.121. The second kappa shape index (κ2) is 6.21.